The summed E-state index contributed by atoms with van der Waals surface area (Å²) in [5.74, 6) is 1.52. The Labute approximate surface area is 55.5 Å². The highest BCUT2D eigenvalue weighted by Crippen LogP contribution is 1.70. The van der Waals surface area contributed by atoms with E-state index in [0.717, 1.165) is 0 Å². The smallest absolute Gasteiger partial charge is 0.198 e. The van der Waals surface area contributed by atoms with Crippen molar-refractivity contribution in [3.8, 4) is 0 Å². The van der Waals surface area contributed by atoms with Crippen LogP contribution in [-0.2, 0) is 0 Å². The van der Waals surface area contributed by atoms with Gasteiger partial charge < -0.3 is 0 Å². The molecular weight excluding hydrogens is 126 g/mol. The van der Waals surface area contributed by atoms with Crippen LogP contribution in [0.3, 0.4) is 0 Å². The maximum atomic E-state index is 4.94. The summed E-state index contributed by atoms with van der Waals surface area (Å²) >= 11 is 6.69. The Hall–Kier alpha value is 0.445. The average molecular weight is 135 g/mol. The molecule has 3 heteroatoms. The molecule has 0 nitrogen and oxygen atoms in total. The standard InChI is InChI=1S/C2H3BCl.C2H6S/c1-2-3-4;1-3-2/h2H,1H2;1-2H3. The molecule has 0 atom stereocenters. The SMILES string of the molecule is C=C[B]Cl.CSC. The van der Waals surface area contributed by atoms with Crippen molar-refractivity contribution < 1.29 is 0 Å². The summed E-state index contributed by atoms with van der Waals surface area (Å²) in [4.78, 5) is 0. The fourth-order valence-corrected chi connectivity index (χ4v) is 0. The Morgan fingerprint density at radius 2 is 1.86 bits per heavy atom. The Morgan fingerprint density at radius 3 is 1.86 bits per heavy atom. The second-order valence-electron chi connectivity index (χ2n) is 0.770. The fourth-order valence-electron chi connectivity index (χ4n) is 0. The largest absolute Gasteiger partial charge is 0.267 e. The summed E-state index contributed by atoms with van der Waals surface area (Å²) in [5, 5.41) is 0. The molecule has 0 N–H and O–H groups in total. The van der Waals surface area contributed by atoms with Gasteiger partial charge in [-0.05, 0) is 12.5 Å². The summed E-state index contributed by atoms with van der Waals surface area (Å²) in [7, 11) is 0. The zero-order chi connectivity index (χ0) is 6.12. The van der Waals surface area contributed by atoms with Crippen molar-refractivity contribution in [1.29, 1.82) is 0 Å². The summed E-state index contributed by atoms with van der Waals surface area (Å²) in [6.45, 7) is 4.65. The first-order valence-corrected chi connectivity index (χ1v) is 3.85. The van der Waals surface area contributed by atoms with Gasteiger partial charge in [0.25, 0.3) is 6.69 Å². The molecular formula is C4H9BClS. The van der Waals surface area contributed by atoms with Gasteiger partial charge in [0, 0.05) is 0 Å². The van der Waals surface area contributed by atoms with Crippen LogP contribution in [0.5, 0.6) is 0 Å². The number of hydrogen-bond donors (Lipinski definition) is 0. The lowest BCUT2D eigenvalue weighted by Crippen LogP contribution is -1.54. The second kappa shape index (κ2) is 16.1. The van der Waals surface area contributed by atoms with E-state index in [1.165, 1.54) is 12.7 Å². The van der Waals surface area contributed by atoms with Crippen LogP contribution in [0.15, 0.2) is 12.6 Å². The minimum Gasteiger partial charge on any atom is -0.198 e. The lowest BCUT2D eigenvalue weighted by molar-refractivity contribution is 2.37. The first-order chi connectivity index (χ1) is 3.33. The van der Waals surface area contributed by atoms with Crippen LogP contribution in [0.1, 0.15) is 0 Å². The maximum absolute atomic E-state index is 4.94. The minimum atomic E-state index is 1.36. The first kappa shape index (κ1) is 10.4. The number of thioether (sulfide) groups is 1. The summed E-state index contributed by atoms with van der Waals surface area (Å²) in [5.41, 5.74) is 0. The van der Waals surface area contributed by atoms with Crippen LogP contribution in [0.25, 0.3) is 0 Å². The third-order valence-electron chi connectivity index (χ3n) is 0.0891. The van der Waals surface area contributed by atoms with Crippen molar-refractivity contribution in [2.24, 2.45) is 0 Å². The van der Waals surface area contributed by atoms with Gasteiger partial charge in [-0.25, -0.2) is 0 Å². The molecule has 41 valence electrons. The molecule has 0 aliphatic carbocycles. The molecule has 0 fully saturated rings. The Bertz CT molecular complexity index is 32.9. The van der Waals surface area contributed by atoms with E-state index in [2.05, 4.69) is 6.58 Å². The highest BCUT2D eigenvalue weighted by atomic mass is 35.5. The lowest BCUT2D eigenvalue weighted by atomic mass is 10.1. The van der Waals surface area contributed by atoms with Gasteiger partial charge in [-0.3, -0.25) is 0 Å². The number of hydrogen-bond acceptors (Lipinski definition) is 1. The molecule has 0 aliphatic rings. The third-order valence-corrected chi connectivity index (χ3v) is 0.267. The molecule has 0 bridgehead atoms. The van der Waals surface area contributed by atoms with Gasteiger partial charge in [0.15, 0.2) is 0 Å². The topological polar surface area (TPSA) is 0 Å². The molecule has 0 aromatic rings. The summed E-state index contributed by atoms with van der Waals surface area (Å²) in [6.07, 6.45) is 4.08. The van der Waals surface area contributed by atoms with E-state index >= 15 is 0 Å². The van der Waals surface area contributed by atoms with E-state index in [0.29, 0.717) is 0 Å². The fraction of sp³-hybridized carbons (Fsp3) is 0.500. The first-order valence-electron chi connectivity index (χ1n) is 1.78. The zero-order valence-electron chi connectivity index (χ0n) is 4.65. The molecule has 0 unspecified atom stereocenters. The van der Waals surface area contributed by atoms with Gasteiger partial charge in [-0.15, -0.1) is 12.6 Å². The van der Waals surface area contributed by atoms with Gasteiger partial charge in [0.05, 0.1) is 0 Å². The normalized spacial score (nSPS) is 5.57. The van der Waals surface area contributed by atoms with Crippen molar-refractivity contribution >= 4 is 29.9 Å². The van der Waals surface area contributed by atoms with Gasteiger partial charge in [0.1, 0.15) is 0 Å². The highest BCUT2D eigenvalue weighted by Gasteiger charge is 1.56. The quantitative estimate of drug-likeness (QED) is 0.496. The molecule has 7 heavy (non-hydrogen) atoms. The van der Waals surface area contributed by atoms with E-state index in [9.17, 15) is 0 Å². The summed E-state index contributed by atoms with van der Waals surface area (Å²) < 4.78 is 0. The maximum Gasteiger partial charge on any atom is 0.267 e. The lowest BCUT2D eigenvalue weighted by Gasteiger charge is -1.51. The van der Waals surface area contributed by atoms with E-state index in [-0.39, 0.29) is 0 Å². The van der Waals surface area contributed by atoms with E-state index < -0.39 is 0 Å². The van der Waals surface area contributed by atoms with Crippen LogP contribution >= 0.6 is 23.2 Å². The molecule has 0 amide bonds. The molecule has 0 aromatic heterocycles. The molecule has 0 saturated carbocycles. The Balaban J connectivity index is 0. The average Bonchev–Trinajstić information content (AvgIpc) is 1.69. The zero-order valence-corrected chi connectivity index (χ0v) is 6.22. The van der Waals surface area contributed by atoms with Crippen LogP contribution in [0.4, 0.5) is 0 Å². The number of rotatable bonds is 1. The van der Waals surface area contributed by atoms with E-state index in [1.54, 1.807) is 11.8 Å². The third kappa shape index (κ3) is 61.0. The molecule has 0 spiro atoms. The molecule has 0 heterocycles. The van der Waals surface area contributed by atoms with Crippen molar-refractivity contribution in [1.82, 2.24) is 0 Å². The van der Waals surface area contributed by atoms with Crippen LogP contribution in [-0.4, -0.2) is 19.2 Å². The summed E-state index contributed by atoms with van der Waals surface area (Å²) in [6, 6.07) is 0. The highest BCUT2D eigenvalue weighted by molar-refractivity contribution is 7.97. The van der Waals surface area contributed by atoms with Gasteiger partial charge in [0.2, 0.25) is 0 Å². The molecule has 0 saturated heterocycles. The van der Waals surface area contributed by atoms with Gasteiger partial charge in [-0.1, -0.05) is 0 Å². The predicted octanol–water partition coefficient (Wildman–Crippen LogP) is 1.97. The Morgan fingerprint density at radius 1 is 1.71 bits per heavy atom. The van der Waals surface area contributed by atoms with Crippen molar-refractivity contribution in [2.75, 3.05) is 12.5 Å². The van der Waals surface area contributed by atoms with Crippen LogP contribution in [0, 0.1) is 0 Å². The van der Waals surface area contributed by atoms with E-state index in [4.69, 9.17) is 11.5 Å². The van der Waals surface area contributed by atoms with Crippen molar-refractivity contribution in [2.45, 2.75) is 0 Å². The van der Waals surface area contributed by atoms with E-state index in [1.807, 2.05) is 12.5 Å². The molecule has 0 rings (SSSR count). The van der Waals surface area contributed by atoms with Gasteiger partial charge >= 0.3 is 0 Å². The molecule has 0 aliphatic heterocycles. The predicted molar refractivity (Wildman–Crippen MR) is 41.2 cm³/mol. The molecule has 1 radical (unpaired) electrons. The van der Waals surface area contributed by atoms with Crippen LogP contribution in [0.2, 0.25) is 0 Å². The second-order valence-corrected chi connectivity index (χ2v) is 1.84. The monoisotopic (exact) mass is 135 g/mol. The minimum absolute atomic E-state index is 1.36. The Kier molecular flexibility index (Phi) is 24.0. The van der Waals surface area contributed by atoms with Crippen molar-refractivity contribution in [3.05, 3.63) is 12.6 Å². The van der Waals surface area contributed by atoms with Crippen molar-refractivity contribution in [3.63, 3.8) is 0 Å². The van der Waals surface area contributed by atoms with Gasteiger partial charge in [-0.2, -0.15) is 23.2 Å². The molecule has 0 aromatic carbocycles. The number of halogens is 1. The van der Waals surface area contributed by atoms with Crippen LogP contribution < -0.4 is 0 Å².